The van der Waals surface area contributed by atoms with Crippen LogP contribution in [0.25, 0.3) is 0 Å². The minimum absolute atomic E-state index is 0.200. The topological polar surface area (TPSA) is 45.1 Å². The lowest BCUT2D eigenvalue weighted by molar-refractivity contribution is 0.459. The van der Waals surface area contributed by atoms with Crippen molar-refractivity contribution in [1.82, 2.24) is 10.3 Å². The van der Waals surface area contributed by atoms with Crippen LogP contribution >= 0.6 is 11.3 Å². The highest BCUT2D eigenvalue weighted by Crippen LogP contribution is 2.17. The molecule has 84 valence electrons. The molecule has 1 heterocycles. The summed E-state index contributed by atoms with van der Waals surface area (Å²) in [5.74, 6) is 0.334. The molecule has 0 radical (unpaired) electrons. The Kier molecular flexibility index (Phi) is 3.54. The van der Waals surface area contributed by atoms with Crippen molar-refractivity contribution in [2.45, 2.75) is 19.5 Å². The lowest BCUT2D eigenvalue weighted by Crippen LogP contribution is -2.18. The number of aromatic hydroxyl groups is 1. The molecule has 4 heteroatoms. The Hall–Kier alpha value is -1.39. The largest absolute Gasteiger partial charge is 0.508 e. The van der Waals surface area contributed by atoms with E-state index in [4.69, 9.17) is 0 Å². The highest BCUT2D eigenvalue weighted by atomic mass is 32.1. The van der Waals surface area contributed by atoms with Crippen molar-refractivity contribution >= 4 is 11.3 Å². The first-order valence-electron chi connectivity index (χ1n) is 5.15. The number of hydrogen-bond acceptors (Lipinski definition) is 4. The van der Waals surface area contributed by atoms with E-state index in [1.165, 1.54) is 0 Å². The van der Waals surface area contributed by atoms with Gasteiger partial charge in [0.1, 0.15) is 5.75 Å². The number of phenolic OH excluding ortho intramolecular Hbond substituents is 1. The molecule has 1 atom stereocenters. The molecular weight excluding hydrogens is 220 g/mol. The van der Waals surface area contributed by atoms with Crippen molar-refractivity contribution in [3.05, 3.63) is 46.4 Å². The molecule has 2 aromatic rings. The lowest BCUT2D eigenvalue weighted by Gasteiger charge is -2.12. The fourth-order valence-corrected chi connectivity index (χ4v) is 2.11. The standard InChI is InChI=1S/C12H14N2OS/c1-9(11-7-16-8-14-11)13-6-10-4-2-3-5-12(10)15/h2-5,7-9,13,15H,6H2,1H3. The zero-order valence-electron chi connectivity index (χ0n) is 9.05. The quantitative estimate of drug-likeness (QED) is 0.855. The number of benzene rings is 1. The molecule has 16 heavy (non-hydrogen) atoms. The van der Waals surface area contributed by atoms with E-state index in [9.17, 15) is 5.11 Å². The number of rotatable bonds is 4. The molecule has 1 aromatic heterocycles. The maximum absolute atomic E-state index is 9.60. The molecule has 0 aliphatic rings. The lowest BCUT2D eigenvalue weighted by atomic mass is 10.2. The van der Waals surface area contributed by atoms with Crippen LogP contribution in [0.15, 0.2) is 35.2 Å². The van der Waals surface area contributed by atoms with E-state index in [1.807, 2.05) is 29.1 Å². The van der Waals surface area contributed by atoms with Gasteiger partial charge in [-0.3, -0.25) is 0 Å². The second-order valence-corrected chi connectivity index (χ2v) is 4.36. The highest BCUT2D eigenvalue weighted by molar-refractivity contribution is 7.07. The fourth-order valence-electron chi connectivity index (χ4n) is 1.46. The first-order valence-corrected chi connectivity index (χ1v) is 6.10. The summed E-state index contributed by atoms with van der Waals surface area (Å²) in [5.41, 5.74) is 3.78. The smallest absolute Gasteiger partial charge is 0.120 e. The SMILES string of the molecule is CC(NCc1ccccc1O)c1cscn1. The molecule has 0 fully saturated rings. The van der Waals surface area contributed by atoms with Gasteiger partial charge in [-0.1, -0.05) is 18.2 Å². The van der Waals surface area contributed by atoms with Gasteiger partial charge in [0.2, 0.25) is 0 Å². The van der Waals surface area contributed by atoms with Crippen LogP contribution in [0.3, 0.4) is 0 Å². The van der Waals surface area contributed by atoms with Gasteiger partial charge in [0.25, 0.3) is 0 Å². The van der Waals surface area contributed by atoms with E-state index >= 15 is 0 Å². The minimum atomic E-state index is 0.200. The molecule has 0 aliphatic carbocycles. The van der Waals surface area contributed by atoms with Gasteiger partial charge >= 0.3 is 0 Å². The molecule has 0 saturated heterocycles. The van der Waals surface area contributed by atoms with Crippen LogP contribution in [-0.4, -0.2) is 10.1 Å². The van der Waals surface area contributed by atoms with Gasteiger partial charge in [-0.05, 0) is 13.0 Å². The summed E-state index contributed by atoms with van der Waals surface area (Å²) in [5, 5.41) is 15.0. The Morgan fingerprint density at radius 1 is 1.44 bits per heavy atom. The molecular formula is C12H14N2OS. The molecule has 1 aromatic carbocycles. The monoisotopic (exact) mass is 234 g/mol. The Bertz CT molecular complexity index is 442. The zero-order chi connectivity index (χ0) is 11.4. The zero-order valence-corrected chi connectivity index (χ0v) is 9.87. The number of hydrogen-bond donors (Lipinski definition) is 2. The van der Waals surface area contributed by atoms with Crippen molar-refractivity contribution < 1.29 is 5.11 Å². The normalized spacial score (nSPS) is 12.6. The van der Waals surface area contributed by atoms with Crippen molar-refractivity contribution in [3.63, 3.8) is 0 Å². The van der Waals surface area contributed by atoms with Gasteiger partial charge in [0.05, 0.1) is 11.2 Å². The molecule has 0 bridgehead atoms. The van der Waals surface area contributed by atoms with E-state index in [-0.39, 0.29) is 6.04 Å². The number of phenols is 1. The van der Waals surface area contributed by atoms with Gasteiger partial charge in [-0.15, -0.1) is 11.3 Å². The third kappa shape index (κ3) is 2.59. The number of nitrogens with zero attached hydrogens (tertiary/aromatic N) is 1. The summed E-state index contributed by atoms with van der Waals surface area (Å²) in [6.07, 6.45) is 0. The summed E-state index contributed by atoms with van der Waals surface area (Å²) in [6, 6.07) is 7.55. The van der Waals surface area contributed by atoms with Crippen LogP contribution < -0.4 is 5.32 Å². The third-order valence-corrected chi connectivity index (χ3v) is 3.09. The predicted molar refractivity (Wildman–Crippen MR) is 65.5 cm³/mol. The molecule has 1 unspecified atom stereocenters. The van der Waals surface area contributed by atoms with Crippen LogP contribution in [0.2, 0.25) is 0 Å². The van der Waals surface area contributed by atoms with Crippen LogP contribution in [0, 0.1) is 0 Å². The van der Waals surface area contributed by atoms with Crippen molar-refractivity contribution in [3.8, 4) is 5.75 Å². The summed E-state index contributed by atoms with van der Waals surface area (Å²) in [4.78, 5) is 4.24. The number of nitrogens with one attached hydrogen (secondary N) is 1. The Labute approximate surface area is 98.8 Å². The highest BCUT2D eigenvalue weighted by Gasteiger charge is 2.07. The third-order valence-electron chi connectivity index (χ3n) is 2.49. The summed E-state index contributed by atoms with van der Waals surface area (Å²) < 4.78 is 0. The van der Waals surface area contributed by atoms with Crippen LogP contribution in [0.5, 0.6) is 5.75 Å². The predicted octanol–water partition coefficient (Wildman–Crippen LogP) is 2.70. The molecule has 3 nitrogen and oxygen atoms in total. The Balaban J connectivity index is 1.95. The number of aromatic nitrogens is 1. The average Bonchev–Trinajstić information content (AvgIpc) is 2.81. The van der Waals surface area contributed by atoms with Gasteiger partial charge in [-0.25, -0.2) is 4.98 Å². The van der Waals surface area contributed by atoms with Crippen LogP contribution in [-0.2, 0) is 6.54 Å². The molecule has 0 saturated carbocycles. The number of thiazole rings is 1. The molecule has 0 spiro atoms. The van der Waals surface area contributed by atoms with E-state index in [0.29, 0.717) is 12.3 Å². The van der Waals surface area contributed by atoms with Crippen molar-refractivity contribution in [1.29, 1.82) is 0 Å². The molecule has 2 N–H and O–H groups in total. The number of para-hydroxylation sites is 1. The van der Waals surface area contributed by atoms with Gasteiger partial charge in [0, 0.05) is 23.5 Å². The maximum atomic E-state index is 9.60. The molecule has 0 aliphatic heterocycles. The van der Waals surface area contributed by atoms with E-state index in [2.05, 4.69) is 17.2 Å². The van der Waals surface area contributed by atoms with Gasteiger partial charge in [-0.2, -0.15) is 0 Å². The first-order chi connectivity index (χ1) is 7.77. The summed E-state index contributed by atoms with van der Waals surface area (Å²) in [7, 11) is 0. The van der Waals surface area contributed by atoms with E-state index < -0.39 is 0 Å². The minimum Gasteiger partial charge on any atom is -0.508 e. The Morgan fingerprint density at radius 3 is 2.94 bits per heavy atom. The maximum Gasteiger partial charge on any atom is 0.120 e. The van der Waals surface area contributed by atoms with Crippen LogP contribution in [0.1, 0.15) is 24.2 Å². The van der Waals surface area contributed by atoms with E-state index in [0.717, 1.165) is 11.3 Å². The van der Waals surface area contributed by atoms with Crippen molar-refractivity contribution in [2.75, 3.05) is 0 Å². The second kappa shape index (κ2) is 5.09. The van der Waals surface area contributed by atoms with E-state index in [1.54, 1.807) is 17.4 Å². The van der Waals surface area contributed by atoms with Crippen LogP contribution in [0.4, 0.5) is 0 Å². The Morgan fingerprint density at radius 2 is 2.25 bits per heavy atom. The average molecular weight is 234 g/mol. The second-order valence-electron chi connectivity index (χ2n) is 3.64. The molecule has 2 rings (SSSR count). The first kappa shape index (κ1) is 11.1. The fraction of sp³-hybridized carbons (Fsp3) is 0.250. The molecule has 0 amide bonds. The summed E-state index contributed by atoms with van der Waals surface area (Å²) >= 11 is 1.59. The van der Waals surface area contributed by atoms with Gasteiger partial charge in [0.15, 0.2) is 0 Å². The summed E-state index contributed by atoms with van der Waals surface area (Å²) in [6.45, 7) is 2.71. The van der Waals surface area contributed by atoms with Crippen molar-refractivity contribution in [2.24, 2.45) is 0 Å². The van der Waals surface area contributed by atoms with Gasteiger partial charge < -0.3 is 10.4 Å².